The molecule has 2 heterocycles. The molecule has 268 valence electrons. The number of hydrogen-bond donors (Lipinski definition) is 8. The summed E-state index contributed by atoms with van der Waals surface area (Å²) in [5.41, 5.74) is -6.26. The molecule has 2 aliphatic heterocycles. The molecule has 0 saturated carbocycles. The number of carbonyl (C=O) groups is 2. The summed E-state index contributed by atoms with van der Waals surface area (Å²) in [6, 6.07) is 2.89. The molecule has 1 unspecified atom stereocenters. The van der Waals surface area contributed by atoms with Gasteiger partial charge in [-0.2, -0.15) is 18.2 Å². The lowest BCUT2D eigenvalue weighted by Gasteiger charge is -2.48. The summed E-state index contributed by atoms with van der Waals surface area (Å²) < 4.78 is 96.9. The first-order valence-corrected chi connectivity index (χ1v) is 14.2. The fourth-order valence-electron chi connectivity index (χ4n) is 5.59. The molecule has 0 bridgehead atoms. The van der Waals surface area contributed by atoms with Gasteiger partial charge in [-0.15, -0.1) is 0 Å². The van der Waals surface area contributed by atoms with Gasteiger partial charge in [-0.1, -0.05) is 11.6 Å². The molecule has 2 aliphatic rings. The summed E-state index contributed by atoms with van der Waals surface area (Å²) in [6.45, 7) is -1.48. The highest BCUT2D eigenvalue weighted by Gasteiger charge is 2.71. The Balaban J connectivity index is 1.86. The number of halogens is 8. The third kappa shape index (κ3) is 5.92. The van der Waals surface area contributed by atoms with Gasteiger partial charge in [0.25, 0.3) is 12.3 Å². The third-order valence-corrected chi connectivity index (χ3v) is 8.18. The number of anilines is 3. The molecule has 0 saturated heterocycles. The molecule has 50 heavy (non-hydrogen) atoms. The molecule has 8 N–H and O–H groups in total. The molecule has 0 fully saturated rings. The standard InChI is InChI=1S/C29H23ClF7N5O8/c1-38-22(15-7-13(31)2-3-17(15)30)21-16(10-43)23-19(8-18(21)39-24(44)11-4-12(26(35,36)37)6-14(32)5-11)41(9-20(33)34)25-40-28(47,48)27(45,46)29(49,50)42(23)25/h2-8,10,20,22,38,45-50H,9H2,1H3,(H,39,44). The van der Waals surface area contributed by atoms with Crippen LogP contribution >= 0.6 is 11.6 Å². The van der Waals surface area contributed by atoms with Gasteiger partial charge in [0.1, 0.15) is 11.6 Å². The Kier molecular flexibility index (Phi) is 9.16. The molecule has 0 aliphatic carbocycles. The van der Waals surface area contributed by atoms with E-state index in [1.54, 1.807) is 0 Å². The molecular formula is C29H23ClF7N5O8. The number of fused-ring (bicyclic) bond motifs is 3. The minimum absolute atomic E-state index is 0.0175. The third-order valence-electron chi connectivity index (χ3n) is 7.84. The van der Waals surface area contributed by atoms with Gasteiger partial charge in [0.05, 0.1) is 29.5 Å². The summed E-state index contributed by atoms with van der Waals surface area (Å²) in [5.74, 6) is -18.0. The van der Waals surface area contributed by atoms with Crippen LogP contribution in [-0.2, 0) is 6.18 Å². The number of amides is 1. The van der Waals surface area contributed by atoms with Crippen LogP contribution in [0.2, 0.25) is 5.02 Å². The number of guanidine groups is 1. The van der Waals surface area contributed by atoms with Crippen molar-refractivity contribution in [3.63, 3.8) is 0 Å². The van der Waals surface area contributed by atoms with Gasteiger partial charge in [0.2, 0.25) is 5.96 Å². The summed E-state index contributed by atoms with van der Waals surface area (Å²) in [4.78, 5) is 29.9. The van der Waals surface area contributed by atoms with Gasteiger partial charge >= 0.3 is 23.8 Å². The predicted octanol–water partition coefficient (Wildman–Crippen LogP) is 2.23. The average Bonchev–Trinajstić information content (AvgIpc) is 3.29. The van der Waals surface area contributed by atoms with Crippen LogP contribution in [0.25, 0.3) is 0 Å². The number of benzene rings is 3. The van der Waals surface area contributed by atoms with Crippen LogP contribution in [0.3, 0.4) is 0 Å². The summed E-state index contributed by atoms with van der Waals surface area (Å²) in [5, 5.41) is 67.9. The lowest BCUT2D eigenvalue weighted by molar-refractivity contribution is -0.450. The summed E-state index contributed by atoms with van der Waals surface area (Å²) in [6.07, 6.45) is -8.51. The maximum atomic E-state index is 14.5. The molecule has 13 nitrogen and oxygen atoms in total. The second kappa shape index (κ2) is 12.4. The van der Waals surface area contributed by atoms with Gasteiger partial charge < -0.3 is 46.2 Å². The summed E-state index contributed by atoms with van der Waals surface area (Å²) >= 11 is 6.32. The maximum Gasteiger partial charge on any atom is 0.416 e. The second-order valence-electron chi connectivity index (χ2n) is 11.0. The number of rotatable bonds is 8. The van der Waals surface area contributed by atoms with Crippen LogP contribution < -0.4 is 20.4 Å². The van der Waals surface area contributed by atoms with Gasteiger partial charge in [-0.3, -0.25) is 14.5 Å². The molecule has 0 aromatic heterocycles. The van der Waals surface area contributed by atoms with E-state index in [4.69, 9.17) is 11.6 Å². The Morgan fingerprint density at radius 1 is 1.02 bits per heavy atom. The zero-order valence-corrected chi connectivity index (χ0v) is 25.6. The van der Waals surface area contributed by atoms with Gasteiger partial charge in [-0.25, -0.2) is 17.6 Å². The van der Waals surface area contributed by atoms with E-state index in [1.807, 2.05) is 0 Å². The quantitative estimate of drug-likeness (QED) is 0.0959. The molecular weight excluding hydrogens is 715 g/mol. The molecule has 21 heteroatoms. The number of carbonyl (C=O) groups excluding carboxylic acids is 2. The van der Waals surface area contributed by atoms with Crippen LogP contribution in [0.5, 0.6) is 0 Å². The van der Waals surface area contributed by atoms with Gasteiger partial charge in [0.15, 0.2) is 6.29 Å². The fraction of sp³-hybridized carbons (Fsp3) is 0.276. The number of nitrogens with zero attached hydrogens (tertiary/aromatic N) is 3. The van der Waals surface area contributed by atoms with Crippen LogP contribution in [0.15, 0.2) is 47.5 Å². The smallest absolute Gasteiger partial charge is 0.354 e. The Hall–Kier alpha value is -4.41. The lowest BCUT2D eigenvalue weighted by atomic mass is 9.90. The normalized spacial score (nSPS) is 18.0. The Morgan fingerprint density at radius 2 is 1.68 bits per heavy atom. The highest BCUT2D eigenvalue weighted by atomic mass is 35.5. The second-order valence-corrected chi connectivity index (χ2v) is 11.4. The van der Waals surface area contributed by atoms with Crippen LogP contribution in [0.4, 0.5) is 47.8 Å². The number of aldehydes is 1. The molecule has 3 aromatic carbocycles. The molecule has 1 amide bonds. The first-order valence-electron chi connectivity index (χ1n) is 13.8. The van der Waals surface area contributed by atoms with Crippen molar-refractivity contribution in [2.75, 3.05) is 28.7 Å². The topological polar surface area (TPSA) is 198 Å². The van der Waals surface area contributed by atoms with Crippen molar-refractivity contribution in [1.82, 2.24) is 5.32 Å². The molecule has 5 rings (SSSR count). The number of aliphatic imine (C=N–C) groups is 1. The Morgan fingerprint density at radius 3 is 2.26 bits per heavy atom. The number of alkyl halides is 5. The van der Waals surface area contributed by atoms with Crippen LogP contribution in [-0.4, -0.2) is 86.4 Å². The molecule has 3 aromatic rings. The monoisotopic (exact) mass is 737 g/mol. The van der Waals surface area contributed by atoms with E-state index < -0.39 is 106 Å². The number of hydrogen-bond acceptors (Lipinski definition) is 12. The van der Waals surface area contributed by atoms with Crippen LogP contribution in [0, 0.1) is 11.6 Å². The fourth-order valence-corrected chi connectivity index (χ4v) is 5.82. The minimum Gasteiger partial charge on any atom is -0.354 e. The summed E-state index contributed by atoms with van der Waals surface area (Å²) in [7, 11) is 1.22. The molecule has 1 atom stereocenters. The SMILES string of the molecule is CNC(c1cc(F)ccc1Cl)c1c(NC(=O)c2cc(F)cc(C(F)(F)F)c2)cc2c(c1C=O)N1C(=NC(O)(O)C(O)(O)C1(O)O)N2CC(F)F. The highest BCUT2D eigenvalue weighted by Crippen LogP contribution is 2.53. The van der Waals surface area contributed by atoms with Crippen molar-refractivity contribution < 1.29 is 71.0 Å². The van der Waals surface area contributed by atoms with Crippen molar-refractivity contribution in [3.05, 3.63) is 86.9 Å². The Bertz CT molecular complexity index is 1930. The highest BCUT2D eigenvalue weighted by molar-refractivity contribution is 6.31. The van der Waals surface area contributed by atoms with E-state index in [-0.39, 0.29) is 33.9 Å². The maximum absolute atomic E-state index is 14.5. The average molecular weight is 738 g/mol. The van der Waals surface area contributed by atoms with E-state index in [1.165, 1.54) is 7.05 Å². The largest absolute Gasteiger partial charge is 0.416 e. The lowest BCUT2D eigenvalue weighted by Crippen LogP contribution is -2.78. The van der Waals surface area contributed by atoms with E-state index in [2.05, 4.69) is 15.6 Å². The molecule has 0 spiro atoms. The first-order chi connectivity index (χ1) is 23.1. The predicted molar refractivity (Wildman–Crippen MR) is 158 cm³/mol. The number of nitrogens with one attached hydrogen (secondary N) is 2. The van der Waals surface area contributed by atoms with Crippen molar-refractivity contribution in [2.45, 2.75) is 36.3 Å². The van der Waals surface area contributed by atoms with E-state index in [0.717, 1.165) is 24.3 Å². The van der Waals surface area contributed by atoms with Crippen LogP contribution in [0.1, 0.15) is 43.4 Å². The zero-order chi connectivity index (χ0) is 37.3. The number of aliphatic hydroxyl groups is 6. The van der Waals surface area contributed by atoms with E-state index in [9.17, 15) is 71.0 Å². The van der Waals surface area contributed by atoms with E-state index >= 15 is 0 Å². The van der Waals surface area contributed by atoms with E-state index in [0.29, 0.717) is 11.0 Å². The molecule has 0 radical (unpaired) electrons. The van der Waals surface area contributed by atoms with Crippen molar-refractivity contribution in [1.29, 1.82) is 0 Å². The van der Waals surface area contributed by atoms with Gasteiger partial charge in [-0.05, 0) is 55.1 Å². The van der Waals surface area contributed by atoms with Crippen molar-refractivity contribution >= 4 is 46.8 Å². The van der Waals surface area contributed by atoms with Gasteiger partial charge in [0, 0.05) is 27.4 Å². The first kappa shape index (κ1) is 36.9. The zero-order valence-electron chi connectivity index (χ0n) is 24.8. The van der Waals surface area contributed by atoms with Crippen molar-refractivity contribution in [2.24, 2.45) is 4.99 Å². The van der Waals surface area contributed by atoms with Crippen molar-refractivity contribution in [3.8, 4) is 0 Å². The Labute approximate surface area is 280 Å². The minimum atomic E-state index is -5.11.